The second-order valence-electron chi connectivity index (χ2n) is 6.03. The fourth-order valence-electron chi connectivity index (χ4n) is 2.94. The first-order valence-electron chi connectivity index (χ1n) is 7.93. The Morgan fingerprint density at radius 2 is 1.91 bits per heavy atom. The minimum Gasteiger partial charge on any atom is -0.385 e. The maximum absolute atomic E-state index is 12.9. The number of benzene rings is 1. The number of nitrogens with zero attached hydrogens (tertiary/aromatic N) is 2. The minimum absolute atomic E-state index is 0.215. The van der Waals surface area contributed by atoms with Crippen molar-refractivity contribution < 1.29 is 9.50 Å². The number of aromatic nitrogens is 1. The van der Waals surface area contributed by atoms with Crippen molar-refractivity contribution >= 4 is 6.08 Å². The van der Waals surface area contributed by atoms with Gasteiger partial charge in [0.25, 0.3) is 0 Å². The van der Waals surface area contributed by atoms with Gasteiger partial charge < -0.3 is 5.11 Å². The Kier molecular flexibility index (Phi) is 4.84. The average Bonchev–Trinajstić information content (AvgIpc) is 2.59. The molecule has 1 aromatic carbocycles. The van der Waals surface area contributed by atoms with Gasteiger partial charge in [-0.25, -0.2) is 4.39 Å². The fraction of sp³-hybridized carbons (Fsp3) is 0.316. The molecule has 120 valence electrons. The van der Waals surface area contributed by atoms with Gasteiger partial charge in [0.15, 0.2) is 0 Å². The highest BCUT2D eigenvalue weighted by atomic mass is 19.1. The molecule has 3 nitrogen and oxygen atoms in total. The summed E-state index contributed by atoms with van der Waals surface area (Å²) in [6.45, 7) is 2.53. The number of halogens is 1. The van der Waals surface area contributed by atoms with Crippen LogP contribution in [0.25, 0.3) is 6.08 Å². The Labute approximate surface area is 136 Å². The third-order valence-corrected chi connectivity index (χ3v) is 4.43. The van der Waals surface area contributed by atoms with Crippen molar-refractivity contribution in [2.75, 3.05) is 19.6 Å². The monoisotopic (exact) mass is 312 g/mol. The Morgan fingerprint density at radius 1 is 1.17 bits per heavy atom. The maximum Gasteiger partial charge on any atom is 0.123 e. The van der Waals surface area contributed by atoms with Crippen molar-refractivity contribution in [3.63, 3.8) is 0 Å². The van der Waals surface area contributed by atoms with E-state index in [4.69, 9.17) is 0 Å². The molecule has 0 amide bonds. The Bertz CT molecular complexity index is 647. The smallest absolute Gasteiger partial charge is 0.123 e. The lowest BCUT2D eigenvalue weighted by molar-refractivity contribution is -0.0236. The van der Waals surface area contributed by atoms with Crippen LogP contribution in [0.1, 0.15) is 24.0 Å². The van der Waals surface area contributed by atoms with Crippen LogP contribution in [0.4, 0.5) is 4.39 Å². The third-order valence-electron chi connectivity index (χ3n) is 4.43. The maximum atomic E-state index is 12.9. The van der Waals surface area contributed by atoms with Gasteiger partial charge >= 0.3 is 0 Å². The predicted molar refractivity (Wildman–Crippen MR) is 89.2 cm³/mol. The summed E-state index contributed by atoms with van der Waals surface area (Å²) >= 11 is 0. The van der Waals surface area contributed by atoms with Crippen LogP contribution in [0.2, 0.25) is 0 Å². The quantitative estimate of drug-likeness (QED) is 0.942. The van der Waals surface area contributed by atoms with Crippen molar-refractivity contribution in [2.45, 2.75) is 18.4 Å². The van der Waals surface area contributed by atoms with Crippen LogP contribution in [-0.4, -0.2) is 34.6 Å². The molecule has 2 aromatic rings. The highest BCUT2D eigenvalue weighted by Gasteiger charge is 2.33. The third kappa shape index (κ3) is 4.03. The summed E-state index contributed by atoms with van der Waals surface area (Å²) in [5.74, 6) is -0.215. The van der Waals surface area contributed by atoms with E-state index >= 15 is 0 Å². The Balaban J connectivity index is 1.52. The molecule has 1 aliphatic heterocycles. The van der Waals surface area contributed by atoms with E-state index in [9.17, 15) is 9.50 Å². The topological polar surface area (TPSA) is 36.4 Å². The van der Waals surface area contributed by atoms with Crippen LogP contribution >= 0.6 is 0 Å². The van der Waals surface area contributed by atoms with Crippen molar-refractivity contribution in [1.82, 2.24) is 9.88 Å². The summed E-state index contributed by atoms with van der Waals surface area (Å²) in [6.07, 6.45) is 8.99. The van der Waals surface area contributed by atoms with Crippen molar-refractivity contribution in [3.05, 3.63) is 71.8 Å². The highest BCUT2D eigenvalue weighted by molar-refractivity contribution is 5.48. The van der Waals surface area contributed by atoms with E-state index < -0.39 is 5.60 Å². The van der Waals surface area contributed by atoms with Gasteiger partial charge in [-0.05, 0) is 36.6 Å². The summed E-state index contributed by atoms with van der Waals surface area (Å²) in [5.41, 5.74) is 1.14. The summed E-state index contributed by atoms with van der Waals surface area (Å²) in [5, 5.41) is 10.8. The first kappa shape index (κ1) is 15.8. The van der Waals surface area contributed by atoms with Gasteiger partial charge in [-0.2, -0.15) is 0 Å². The molecule has 0 spiro atoms. The second-order valence-corrected chi connectivity index (χ2v) is 6.03. The zero-order valence-corrected chi connectivity index (χ0v) is 13.0. The lowest BCUT2D eigenvalue weighted by atomic mass is 9.85. The molecule has 0 unspecified atom stereocenters. The molecule has 1 fully saturated rings. The largest absolute Gasteiger partial charge is 0.385 e. The molecule has 1 saturated heterocycles. The van der Waals surface area contributed by atoms with E-state index in [1.54, 1.807) is 24.5 Å². The number of pyridine rings is 1. The zero-order valence-electron chi connectivity index (χ0n) is 13.0. The first-order chi connectivity index (χ1) is 11.2. The highest BCUT2D eigenvalue weighted by Crippen LogP contribution is 2.32. The number of likely N-dealkylation sites (tertiary alicyclic amines) is 1. The van der Waals surface area contributed by atoms with E-state index in [0.29, 0.717) is 12.8 Å². The van der Waals surface area contributed by atoms with E-state index in [1.165, 1.54) is 12.1 Å². The molecule has 1 N–H and O–H groups in total. The average molecular weight is 312 g/mol. The Hall–Kier alpha value is -2.04. The van der Waals surface area contributed by atoms with Crippen LogP contribution in [0, 0.1) is 5.82 Å². The van der Waals surface area contributed by atoms with Crippen LogP contribution in [0.15, 0.2) is 54.9 Å². The van der Waals surface area contributed by atoms with E-state index in [2.05, 4.69) is 16.0 Å². The summed E-state index contributed by atoms with van der Waals surface area (Å²) in [7, 11) is 0. The lowest BCUT2D eigenvalue weighted by Crippen LogP contribution is -2.42. The molecule has 1 aliphatic rings. The molecule has 2 heterocycles. The van der Waals surface area contributed by atoms with Crippen molar-refractivity contribution in [1.29, 1.82) is 0 Å². The predicted octanol–water partition coefficient (Wildman–Crippen LogP) is 3.22. The molecule has 4 heteroatoms. The molecular weight excluding hydrogens is 291 g/mol. The van der Waals surface area contributed by atoms with Gasteiger partial charge in [-0.1, -0.05) is 30.4 Å². The van der Waals surface area contributed by atoms with Gasteiger partial charge in [-0.3, -0.25) is 9.88 Å². The fourth-order valence-corrected chi connectivity index (χ4v) is 2.94. The molecule has 0 bridgehead atoms. The Morgan fingerprint density at radius 3 is 2.57 bits per heavy atom. The van der Waals surface area contributed by atoms with E-state index in [0.717, 1.165) is 30.8 Å². The molecule has 0 radical (unpaired) electrons. The van der Waals surface area contributed by atoms with E-state index in [1.807, 2.05) is 18.2 Å². The number of hydrogen-bond acceptors (Lipinski definition) is 3. The first-order valence-corrected chi connectivity index (χ1v) is 7.93. The zero-order chi connectivity index (χ0) is 16.1. The van der Waals surface area contributed by atoms with Gasteiger partial charge in [0.2, 0.25) is 0 Å². The lowest BCUT2D eigenvalue weighted by Gasteiger charge is -2.38. The number of hydrogen-bond donors (Lipinski definition) is 1. The minimum atomic E-state index is -0.759. The number of piperidine rings is 1. The van der Waals surface area contributed by atoms with Gasteiger partial charge in [-0.15, -0.1) is 0 Å². The van der Waals surface area contributed by atoms with Gasteiger partial charge in [0.05, 0.1) is 5.60 Å². The molecule has 0 atom stereocenters. The number of rotatable bonds is 4. The van der Waals surface area contributed by atoms with Crippen LogP contribution < -0.4 is 0 Å². The summed E-state index contributed by atoms with van der Waals surface area (Å²) in [6, 6.07) is 10.3. The summed E-state index contributed by atoms with van der Waals surface area (Å²) in [4.78, 5) is 6.41. The molecule has 1 aromatic heterocycles. The molecule has 0 aliphatic carbocycles. The van der Waals surface area contributed by atoms with Crippen LogP contribution in [-0.2, 0) is 5.60 Å². The van der Waals surface area contributed by atoms with Crippen LogP contribution in [0.3, 0.4) is 0 Å². The van der Waals surface area contributed by atoms with Crippen molar-refractivity contribution in [2.24, 2.45) is 0 Å². The van der Waals surface area contributed by atoms with Gasteiger partial charge in [0.1, 0.15) is 5.82 Å². The molecule has 0 saturated carbocycles. The molecule has 3 rings (SSSR count). The van der Waals surface area contributed by atoms with E-state index in [-0.39, 0.29) is 5.82 Å². The van der Waals surface area contributed by atoms with Crippen LogP contribution in [0.5, 0.6) is 0 Å². The normalized spacial score (nSPS) is 18.3. The number of aliphatic hydroxyl groups is 1. The molecule has 23 heavy (non-hydrogen) atoms. The SMILES string of the molecule is OC1(c2cccnc2)CCN(C/C=C/c2ccc(F)cc2)CC1. The molecular formula is C19H21FN2O. The standard InChI is InChI=1S/C19H21FN2O/c20-18-7-5-16(6-8-18)3-2-12-22-13-9-19(23,10-14-22)17-4-1-11-21-15-17/h1-8,11,15,23H,9-10,12-14H2/b3-2+. The summed E-state index contributed by atoms with van der Waals surface area (Å²) < 4.78 is 12.9. The van der Waals surface area contributed by atoms with Gasteiger partial charge in [0, 0.05) is 37.6 Å². The van der Waals surface area contributed by atoms with Crippen molar-refractivity contribution in [3.8, 4) is 0 Å². The second kappa shape index (κ2) is 7.02.